The summed E-state index contributed by atoms with van der Waals surface area (Å²) in [4.78, 5) is 17.7. The van der Waals surface area contributed by atoms with Crippen molar-refractivity contribution in [1.82, 2.24) is 9.88 Å². The number of aromatic nitrogens is 1. The fraction of sp³-hybridized carbons (Fsp3) is 0.571. The standard InChI is InChI=1S/C14H20N2O2S/c1-16-9-3-2-5-11(16)7-10-19-13-12(14(17)18)6-4-8-15-13/h4,6,8,11H,2-3,5,7,9-10H2,1H3,(H,17,18). The van der Waals surface area contributed by atoms with Crippen molar-refractivity contribution in [2.24, 2.45) is 0 Å². The van der Waals surface area contributed by atoms with Gasteiger partial charge in [-0.25, -0.2) is 9.78 Å². The maximum absolute atomic E-state index is 11.1. The van der Waals surface area contributed by atoms with Crippen molar-refractivity contribution in [1.29, 1.82) is 0 Å². The fourth-order valence-corrected chi connectivity index (χ4v) is 3.50. The molecule has 1 N–H and O–H groups in total. The van der Waals surface area contributed by atoms with Gasteiger partial charge in [0.15, 0.2) is 0 Å². The number of nitrogens with zero attached hydrogens (tertiary/aromatic N) is 2. The van der Waals surface area contributed by atoms with Gasteiger partial charge in [0.1, 0.15) is 5.03 Å². The van der Waals surface area contributed by atoms with Gasteiger partial charge in [0.2, 0.25) is 0 Å². The van der Waals surface area contributed by atoms with Crippen molar-refractivity contribution in [3.05, 3.63) is 23.9 Å². The molecule has 2 heterocycles. The Morgan fingerprint density at radius 2 is 2.42 bits per heavy atom. The van der Waals surface area contributed by atoms with Crippen LogP contribution in [0.2, 0.25) is 0 Å². The summed E-state index contributed by atoms with van der Waals surface area (Å²) in [6, 6.07) is 3.92. The molecule has 0 amide bonds. The Balaban J connectivity index is 1.87. The third-order valence-electron chi connectivity index (χ3n) is 3.61. The topological polar surface area (TPSA) is 53.4 Å². The van der Waals surface area contributed by atoms with Gasteiger partial charge in [-0.3, -0.25) is 0 Å². The molecule has 0 bridgehead atoms. The third kappa shape index (κ3) is 3.94. The first-order valence-electron chi connectivity index (χ1n) is 6.70. The van der Waals surface area contributed by atoms with E-state index in [0.29, 0.717) is 16.6 Å². The van der Waals surface area contributed by atoms with Crippen molar-refractivity contribution >= 4 is 17.7 Å². The predicted molar refractivity (Wildman–Crippen MR) is 76.8 cm³/mol. The van der Waals surface area contributed by atoms with Crippen LogP contribution in [0.4, 0.5) is 0 Å². The van der Waals surface area contributed by atoms with Gasteiger partial charge in [-0.2, -0.15) is 0 Å². The molecule has 0 radical (unpaired) electrons. The minimum absolute atomic E-state index is 0.310. The van der Waals surface area contributed by atoms with Crippen LogP contribution in [0.3, 0.4) is 0 Å². The van der Waals surface area contributed by atoms with E-state index in [1.165, 1.54) is 25.8 Å². The van der Waals surface area contributed by atoms with Crippen LogP contribution in [0.25, 0.3) is 0 Å². The lowest BCUT2D eigenvalue weighted by Crippen LogP contribution is -2.36. The molecule has 0 aliphatic carbocycles. The predicted octanol–water partition coefficient (Wildman–Crippen LogP) is 2.75. The molecule has 1 fully saturated rings. The van der Waals surface area contributed by atoms with E-state index in [4.69, 9.17) is 5.11 Å². The first kappa shape index (κ1) is 14.3. The minimum Gasteiger partial charge on any atom is -0.478 e. The number of thioether (sulfide) groups is 1. The van der Waals surface area contributed by atoms with E-state index < -0.39 is 5.97 Å². The highest BCUT2D eigenvalue weighted by Gasteiger charge is 2.19. The average molecular weight is 280 g/mol. The Morgan fingerprint density at radius 1 is 1.58 bits per heavy atom. The number of carbonyl (C=O) groups is 1. The molecule has 0 aromatic carbocycles. The van der Waals surface area contributed by atoms with Gasteiger partial charge in [0.05, 0.1) is 5.56 Å². The van der Waals surface area contributed by atoms with Crippen LogP contribution in [0, 0.1) is 0 Å². The smallest absolute Gasteiger partial charge is 0.338 e. The number of pyridine rings is 1. The van der Waals surface area contributed by atoms with Gasteiger partial charge in [-0.1, -0.05) is 6.42 Å². The average Bonchev–Trinajstić information content (AvgIpc) is 2.41. The normalized spacial score (nSPS) is 20.4. The Kier molecular flexibility index (Phi) is 5.22. The van der Waals surface area contributed by atoms with E-state index in [-0.39, 0.29) is 0 Å². The van der Waals surface area contributed by atoms with E-state index in [2.05, 4.69) is 16.9 Å². The summed E-state index contributed by atoms with van der Waals surface area (Å²) in [5.41, 5.74) is 0.310. The molecule has 104 valence electrons. The van der Waals surface area contributed by atoms with E-state index in [9.17, 15) is 4.79 Å². The van der Waals surface area contributed by atoms with Crippen LogP contribution in [0.5, 0.6) is 0 Å². The largest absolute Gasteiger partial charge is 0.478 e. The summed E-state index contributed by atoms with van der Waals surface area (Å²) >= 11 is 1.55. The Morgan fingerprint density at radius 3 is 3.16 bits per heavy atom. The lowest BCUT2D eigenvalue weighted by Gasteiger charge is -2.32. The molecule has 1 aromatic rings. The highest BCUT2D eigenvalue weighted by atomic mass is 32.2. The number of hydrogen-bond acceptors (Lipinski definition) is 4. The Bertz CT molecular complexity index is 439. The maximum atomic E-state index is 11.1. The van der Waals surface area contributed by atoms with Crippen LogP contribution in [0.1, 0.15) is 36.0 Å². The van der Waals surface area contributed by atoms with E-state index >= 15 is 0 Å². The third-order valence-corrected chi connectivity index (χ3v) is 4.65. The molecule has 5 heteroatoms. The number of carboxylic acid groups (broad SMARTS) is 1. The summed E-state index contributed by atoms with van der Waals surface area (Å²) in [5.74, 6) is 0.0251. The van der Waals surface area contributed by atoms with Gasteiger partial charge in [-0.15, -0.1) is 11.8 Å². The SMILES string of the molecule is CN1CCCCC1CCSc1ncccc1C(=O)O. The highest BCUT2D eigenvalue weighted by Crippen LogP contribution is 2.24. The summed E-state index contributed by atoms with van der Waals surface area (Å²) in [7, 11) is 2.18. The van der Waals surface area contributed by atoms with Gasteiger partial charge in [0, 0.05) is 18.0 Å². The van der Waals surface area contributed by atoms with Gasteiger partial charge in [-0.05, 0) is 45.0 Å². The number of rotatable bonds is 5. The summed E-state index contributed by atoms with van der Waals surface area (Å²) in [6.07, 6.45) is 6.61. The minimum atomic E-state index is -0.898. The zero-order valence-electron chi connectivity index (χ0n) is 11.2. The molecule has 1 atom stereocenters. The zero-order valence-corrected chi connectivity index (χ0v) is 12.0. The Hall–Kier alpha value is -1.07. The molecule has 19 heavy (non-hydrogen) atoms. The van der Waals surface area contributed by atoms with Crippen molar-refractivity contribution in [3.63, 3.8) is 0 Å². The highest BCUT2D eigenvalue weighted by molar-refractivity contribution is 7.99. The van der Waals surface area contributed by atoms with E-state index in [1.54, 1.807) is 30.1 Å². The molecule has 1 saturated heterocycles. The molecule has 1 aliphatic heterocycles. The summed E-state index contributed by atoms with van der Waals surface area (Å²) in [5, 5.41) is 9.73. The second kappa shape index (κ2) is 6.91. The second-order valence-electron chi connectivity index (χ2n) is 4.93. The van der Waals surface area contributed by atoms with Crippen LogP contribution < -0.4 is 0 Å². The number of likely N-dealkylation sites (tertiary alicyclic amines) is 1. The molecule has 0 saturated carbocycles. The zero-order chi connectivity index (χ0) is 13.7. The number of carboxylic acids is 1. The molecule has 1 unspecified atom stereocenters. The van der Waals surface area contributed by atoms with Crippen molar-refractivity contribution < 1.29 is 9.90 Å². The van der Waals surface area contributed by atoms with Crippen LogP contribution >= 0.6 is 11.8 Å². The molecule has 1 aromatic heterocycles. The van der Waals surface area contributed by atoms with Gasteiger partial charge in [0.25, 0.3) is 0 Å². The van der Waals surface area contributed by atoms with Gasteiger partial charge >= 0.3 is 5.97 Å². The summed E-state index contributed by atoms with van der Waals surface area (Å²) in [6.45, 7) is 1.18. The first-order valence-corrected chi connectivity index (χ1v) is 7.68. The number of piperidine rings is 1. The van der Waals surface area contributed by atoms with E-state index in [1.807, 2.05) is 0 Å². The molecule has 1 aliphatic rings. The van der Waals surface area contributed by atoms with Gasteiger partial charge < -0.3 is 10.0 Å². The van der Waals surface area contributed by atoms with Crippen LogP contribution in [-0.4, -0.2) is 46.3 Å². The number of hydrogen-bond donors (Lipinski definition) is 1. The van der Waals surface area contributed by atoms with Crippen molar-refractivity contribution in [2.45, 2.75) is 36.8 Å². The van der Waals surface area contributed by atoms with Crippen LogP contribution in [-0.2, 0) is 0 Å². The lowest BCUT2D eigenvalue weighted by atomic mass is 10.0. The van der Waals surface area contributed by atoms with Crippen LogP contribution in [0.15, 0.2) is 23.4 Å². The fourth-order valence-electron chi connectivity index (χ4n) is 2.47. The van der Waals surface area contributed by atoms with E-state index in [0.717, 1.165) is 12.2 Å². The maximum Gasteiger partial charge on any atom is 0.338 e. The second-order valence-corrected chi connectivity index (χ2v) is 6.01. The molecule has 2 rings (SSSR count). The molecular weight excluding hydrogens is 260 g/mol. The quantitative estimate of drug-likeness (QED) is 0.841. The molecule has 4 nitrogen and oxygen atoms in total. The molecule has 0 spiro atoms. The lowest BCUT2D eigenvalue weighted by molar-refractivity contribution is 0.0692. The van der Waals surface area contributed by atoms with Crippen molar-refractivity contribution in [2.75, 3.05) is 19.3 Å². The monoisotopic (exact) mass is 280 g/mol. The molecular formula is C14H20N2O2S. The summed E-state index contributed by atoms with van der Waals surface area (Å²) < 4.78 is 0. The van der Waals surface area contributed by atoms with Crippen molar-refractivity contribution in [3.8, 4) is 0 Å². The number of aromatic carboxylic acids is 1. The Labute approximate surface area is 118 Å². The first-order chi connectivity index (χ1) is 9.18.